The van der Waals surface area contributed by atoms with E-state index in [1.54, 1.807) is 31.4 Å². The first-order valence-corrected chi connectivity index (χ1v) is 7.59. The molecule has 0 bridgehead atoms. The Morgan fingerprint density at radius 1 is 1.29 bits per heavy atom. The van der Waals surface area contributed by atoms with Crippen LogP contribution in [0.1, 0.15) is 15.9 Å². The zero-order valence-corrected chi connectivity index (χ0v) is 13.8. The minimum absolute atomic E-state index is 0.0462. The molecule has 3 rings (SSSR count). The number of benzene rings is 2. The molecule has 0 amide bonds. The molecular weight excluding hydrogens is 328 g/mol. The smallest absolute Gasteiger partial charge is 0.142 e. The number of rotatable bonds is 4. The molecule has 0 spiro atoms. The van der Waals surface area contributed by atoms with Crippen molar-refractivity contribution in [2.75, 3.05) is 12.4 Å². The van der Waals surface area contributed by atoms with Crippen molar-refractivity contribution < 1.29 is 14.6 Å². The van der Waals surface area contributed by atoms with Crippen LogP contribution in [0.2, 0.25) is 5.02 Å². The van der Waals surface area contributed by atoms with Gasteiger partial charge in [0.25, 0.3) is 0 Å². The van der Waals surface area contributed by atoms with Gasteiger partial charge < -0.3 is 20.0 Å². The molecule has 0 aliphatic rings. The largest absolute Gasteiger partial charge is 0.545 e. The molecule has 6 heteroatoms. The van der Waals surface area contributed by atoms with Gasteiger partial charge in [-0.1, -0.05) is 23.7 Å². The number of carboxylic acids is 1. The summed E-state index contributed by atoms with van der Waals surface area (Å²) in [5.74, 6) is -0.732. The van der Waals surface area contributed by atoms with Gasteiger partial charge in [-0.2, -0.15) is 0 Å². The molecule has 1 N–H and O–H groups in total. The number of fused-ring (bicyclic) bond motifs is 1. The summed E-state index contributed by atoms with van der Waals surface area (Å²) >= 11 is 6.15. The molecular formula is C18H14ClN2O3-. The summed E-state index contributed by atoms with van der Waals surface area (Å²) in [5, 5.41) is 15.8. The normalized spacial score (nSPS) is 10.6. The molecule has 0 unspecified atom stereocenters. The number of methoxy groups -OCH3 is 1. The van der Waals surface area contributed by atoms with Crippen molar-refractivity contribution in [3.05, 3.63) is 58.7 Å². The van der Waals surface area contributed by atoms with Crippen LogP contribution in [0, 0.1) is 6.92 Å². The third-order valence-electron chi connectivity index (χ3n) is 3.71. The summed E-state index contributed by atoms with van der Waals surface area (Å²) in [6.07, 6.45) is 1.29. The van der Waals surface area contributed by atoms with E-state index < -0.39 is 5.97 Å². The van der Waals surface area contributed by atoms with E-state index in [9.17, 15) is 9.90 Å². The number of pyridine rings is 1. The summed E-state index contributed by atoms with van der Waals surface area (Å²) < 4.78 is 5.31. The van der Waals surface area contributed by atoms with E-state index in [0.29, 0.717) is 33.0 Å². The van der Waals surface area contributed by atoms with Crippen LogP contribution >= 0.6 is 11.6 Å². The molecule has 0 saturated carbocycles. The number of aryl methyl sites for hydroxylation is 1. The molecule has 0 fully saturated rings. The lowest BCUT2D eigenvalue weighted by atomic mass is 10.1. The number of hydrogen-bond donors (Lipinski definition) is 1. The van der Waals surface area contributed by atoms with Gasteiger partial charge >= 0.3 is 0 Å². The van der Waals surface area contributed by atoms with Crippen molar-refractivity contribution in [3.63, 3.8) is 0 Å². The number of carbonyl (C=O) groups excluding carboxylic acids is 1. The van der Waals surface area contributed by atoms with Crippen molar-refractivity contribution in [3.8, 4) is 5.75 Å². The first kappa shape index (κ1) is 16.1. The predicted molar refractivity (Wildman–Crippen MR) is 92.1 cm³/mol. The summed E-state index contributed by atoms with van der Waals surface area (Å²) in [4.78, 5) is 15.8. The highest BCUT2D eigenvalue weighted by molar-refractivity contribution is 6.31. The number of carbonyl (C=O) groups is 1. The number of aromatic nitrogens is 1. The molecule has 0 radical (unpaired) electrons. The fraction of sp³-hybridized carbons (Fsp3) is 0.111. The van der Waals surface area contributed by atoms with Gasteiger partial charge in [-0.3, -0.25) is 4.98 Å². The van der Waals surface area contributed by atoms with Gasteiger partial charge in [-0.05, 0) is 36.8 Å². The van der Waals surface area contributed by atoms with E-state index in [1.165, 1.54) is 6.20 Å². The van der Waals surface area contributed by atoms with Crippen LogP contribution in [-0.2, 0) is 0 Å². The molecule has 0 saturated heterocycles. The van der Waals surface area contributed by atoms with E-state index >= 15 is 0 Å². The Kier molecular flexibility index (Phi) is 4.27. The molecule has 0 aliphatic heterocycles. The van der Waals surface area contributed by atoms with Gasteiger partial charge in [0.15, 0.2) is 0 Å². The van der Waals surface area contributed by atoms with Crippen LogP contribution in [0.5, 0.6) is 5.75 Å². The van der Waals surface area contributed by atoms with Gasteiger partial charge in [-0.25, -0.2) is 0 Å². The second-order valence-electron chi connectivity index (χ2n) is 5.28. The maximum absolute atomic E-state index is 11.5. The quantitative estimate of drug-likeness (QED) is 0.788. The number of para-hydroxylation sites is 2. The van der Waals surface area contributed by atoms with E-state index in [1.807, 2.05) is 19.1 Å². The molecule has 0 atom stereocenters. The van der Waals surface area contributed by atoms with Crippen molar-refractivity contribution in [1.29, 1.82) is 0 Å². The maximum atomic E-state index is 11.5. The fourth-order valence-electron chi connectivity index (χ4n) is 2.61. The predicted octanol–water partition coefficient (Wildman–Crippen LogP) is 3.31. The lowest BCUT2D eigenvalue weighted by molar-refractivity contribution is -0.254. The van der Waals surface area contributed by atoms with E-state index in [4.69, 9.17) is 16.3 Å². The second-order valence-corrected chi connectivity index (χ2v) is 5.71. The Bertz CT molecular complexity index is 941. The van der Waals surface area contributed by atoms with Gasteiger partial charge in [0.2, 0.25) is 0 Å². The number of nitrogens with one attached hydrogen (secondary N) is 1. The third-order valence-corrected chi connectivity index (χ3v) is 3.93. The zero-order valence-electron chi connectivity index (χ0n) is 13.1. The van der Waals surface area contributed by atoms with E-state index in [-0.39, 0.29) is 5.56 Å². The lowest BCUT2D eigenvalue weighted by Gasteiger charge is -2.18. The minimum atomic E-state index is -1.32. The SMILES string of the molecule is COc1ccccc1Nc1c(C(=O)[O-])cnc2c(C)cc(Cl)cc12. The molecule has 24 heavy (non-hydrogen) atoms. The van der Waals surface area contributed by atoms with Crippen LogP contribution in [0.15, 0.2) is 42.6 Å². The molecule has 1 aromatic heterocycles. The highest BCUT2D eigenvalue weighted by Gasteiger charge is 2.14. The Labute approximate surface area is 143 Å². The highest BCUT2D eigenvalue weighted by Crippen LogP contribution is 2.35. The molecule has 2 aromatic carbocycles. The molecule has 3 aromatic rings. The first-order chi connectivity index (χ1) is 11.5. The van der Waals surface area contributed by atoms with Gasteiger partial charge in [-0.15, -0.1) is 0 Å². The highest BCUT2D eigenvalue weighted by atomic mass is 35.5. The number of aromatic carboxylic acids is 1. The number of ether oxygens (including phenoxy) is 1. The summed E-state index contributed by atoms with van der Waals surface area (Å²) in [6.45, 7) is 1.87. The Morgan fingerprint density at radius 2 is 2.04 bits per heavy atom. The van der Waals surface area contributed by atoms with Gasteiger partial charge in [0, 0.05) is 22.2 Å². The van der Waals surface area contributed by atoms with Crippen molar-refractivity contribution >= 4 is 39.8 Å². The number of hydrogen-bond acceptors (Lipinski definition) is 5. The maximum Gasteiger partial charge on any atom is 0.142 e. The van der Waals surface area contributed by atoms with Crippen molar-refractivity contribution in [2.24, 2.45) is 0 Å². The van der Waals surface area contributed by atoms with Gasteiger partial charge in [0.1, 0.15) is 5.75 Å². The van der Waals surface area contributed by atoms with Crippen molar-refractivity contribution in [2.45, 2.75) is 6.92 Å². The standard InChI is InChI=1S/C18H15ClN2O3/c1-10-7-11(19)8-12-16(10)20-9-13(18(22)23)17(12)21-14-5-3-4-6-15(14)24-2/h3-9H,1-2H3,(H,20,21)(H,22,23)/p-1. The number of carboxylic acid groups (broad SMARTS) is 1. The van der Waals surface area contributed by atoms with Crippen molar-refractivity contribution in [1.82, 2.24) is 4.98 Å². The number of halogens is 1. The van der Waals surface area contributed by atoms with Crippen LogP contribution in [-0.4, -0.2) is 18.1 Å². The Balaban J connectivity index is 2.27. The topological polar surface area (TPSA) is 74.3 Å². The lowest BCUT2D eigenvalue weighted by Crippen LogP contribution is -2.23. The van der Waals surface area contributed by atoms with Gasteiger partial charge in [0.05, 0.1) is 30.0 Å². The summed E-state index contributed by atoms with van der Waals surface area (Å²) in [7, 11) is 1.55. The van der Waals surface area contributed by atoms with Crippen LogP contribution in [0.25, 0.3) is 10.9 Å². The van der Waals surface area contributed by atoms with Crippen LogP contribution in [0.3, 0.4) is 0 Å². The fourth-order valence-corrected chi connectivity index (χ4v) is 2.88. The number of nitrogens with zero attached hydrogens (tertiary/aromatic N) is 1. The third kappa shape index (κ3) is 2.86. The molecule has 122 valence electrons. The molecule has 5 nitrogen and oxygen atoms in total. The average molecular weight is 342 g/mol. The number of anilines is 2. The average Bonchev–Trinajstić information content (AvgIpc) is 2.55. The molecule has 1 heterocycles. The monoisotopic (exact) mass is 341 g/mol. The summed E-state index contributed by atoms with van der Waals surface area (Å²) in [6, 6.07) is 10.7. The van der Waals surface area contributed by atoms with Crippen LogP contribution in [0.4, 0.5) is 11.4 Å². The minimum Gasteiger partial charge on any atom is -0.545 e. The Morgan fingerprint density at radius 3 is 2.75 bits per heavy atom. The summed E-state index contributed by atoms with van der Waals surface area (Å²) in [5.41, 5.74) is 2.48. The molecule has 0 aliphatic carbocycles. The van der Waals surface area contributed by atoms with E-state index in [2.05, 4.69) is 10.3 Å². The Hall–Kier alpha value is -2.79. The van der Waals surface area contributed by atoms with Crippen LogP contribution < -0.4 is 15.2 Å². The van der Waals surface area contributed by atoms with E-state index in [0.717, 1.165) is 5.56 Å². The first-order valence-electron chi connectivity index (χ1n) is 7.21. The second kappa shape index (κ2) is 6.37. The zero-order chi connectivity index (χ0) is 17.3.